The molecule has 1 saturated heterocycles. The number of hydrogen-bond donors (Lipinski definition) is 2. The van der Waals surface area contributed by atoms with E-state index in [-0.39, 0.29) is 23.8 Å². The second-order valence-electron chi connectivity index (χ2n) is 8.51. The number of amides is 2. The van der Waals surface area contributed by atoms with Gasteiger partial charge in [0, 0.05) is 29.2 Å². The molecule has 0 radical (unpaired) electrons. The van der Waals surface area contributed by atoms with Crippen LogP contribution in [0.1, 0.15) is 64.8 Å². The maximum absolute atomic E-state index is 13.0. The van der Waals surface area contributed by atoms with Crippen molar-refractivity contribution < 1.29 is 9.59 Å². The molecule has 0 aliphatic carbocycles. The molecule has 4 rings (SSSR count). The Labute approximate surface area is 187 Å². The first kappa shape index (κ1) is 21.4. The zero-order valence-corrected chi connectivity index (χ0v) is 18.8. The van der Waals surface area contributed by atoms with E-state index < -0.39 is 0 Å². The lowest BCUT2D eigenvalue weighted by Crippen LogP contribution is -2.33. The van der Waals surface area contributed by atoms with E-state index in [1.807, 2.05) is 37.8 Å². The molecule has 0 bridgehead atoms. The summed E-state index contributed by atoms with van der Waals surface area (Å²) in [5.74, 6) is 0.665. The topological polar surface area (TPSA) is 78.1 Å². The largest absolute Gasteiger partial charge is 0.342 e. The van der Waals surface area contributed by atoms with Crippen molar-refractivity contribution in [3.05, 3.63) is 63.9 Å². The predicted octanol–water partition coefficient (Wildman–Crippen LogP) is 4.89. The minimum absolute atomic E-state index is 0.0444. The van der Waals surface area contributed by atoms with Crippen LogP contribution in [0.4, 0.5) is 0 Å². The van der Waals surface area contributed by atoms with E-state index in [1.165, 1.54) is 0 Å². The van der Waals surface area contributed by atoms with Crippen LogP contribution < -0.4 is 5.32 Å². The Balaban J connectivity index is 1.54. The summed E-state index contributed by atoms with van der Waals surface area (Å²) in [6.07, 6.45) is 2.10. The Bertz CT molecular complexity index is 1130. The molecule has 1 aromatic heterocycles. The first-order valence-electron chi connectivity index (χ1n) is 10.7. The summed E-state index contributed by atoms with van der Waals surface area (Å²) in [6.45, 7) is 7.56. The van der Waals surface area contributed by atoms with E-state index in [0.29, 0.717) is 22.0 Å². The van der Waals surface area contributed by atoms with Gasteiger partial charge in [-0.05, 0) is 67.6 Å². The molecule has 0 saturated carbocycles. The molecule has 7 heteroatoms. The minimum Gasteiger partial charge on any atom is -0.342 e. The Morgan fingerprint density at radius 3 is 2.55 bits per heavy atom. The Kier molecular flexibility index (Phi) is 6.01. The van der Waals surface area contributed by atoms with Crippen molar-refractivity contribution in [3.63, 3.8) is 0 Å². The molecule has 1 fully saturated rings. The van der Waals surface area contributed by atoms with Gasteiger partial charge in [0.05, 0.1) is 17.1 Å². The number of imidazole rings is 1. The third-order valence-electron chi connectivity index (χ3n) is 5.82. The number of carbonyl (C=O) groups is 2. The van der Waals surface area contributed by atoms with Gasteiger partial charge in [0.1, 0.15) is 5.82 Å². The third kappa shape index (κ3) is 4.44. The highest BCUT2D eigenvalue weighted by molar-refractivity contribution is 6.31. The molecular formula is C24H27ClN4O2. The molecule has 2 aromatic carbocycles. The summed E-state index contributed by atoms with van der Waals surface area (Å²) in [4.78, 5) is 35.5. The first-order valence-corrected chi connectivity index (χ1v) is 11.1. The van der Waals surface area contributed by atoms with E-state index >= 15 is 0 Å². The first-order chi connectivity index (χ1) is 14.8. The van der Waals surface area contributed by atoms with Gasteiger partial charge in [-0.1, -0.05) is 25.4 Å². The zero-order valence-electron chi connectivity index (χ0n) is 18.0. The molecule has 1 aliphatic heterocycles. The van der Waals surface area contributed by atoms with Crippen LogP contribution in [-0.4, -0.2) is 39.8 Å². The highest BCUT2D eigenvalue weighted by Crippen LogP contribution is 2.25. The number of rotatable bonds is 5. The maximum atomic E-state index is 13.0. The van der Waals surface area contributed by atoms with Gasteiger partial charge in [0.15, 0.2) is 0 Å². The molecule has 162 valence electrons. The van der Waals surface area contributed by atoms with Crippen LogP contribution in [0.15, 0.2) is 36.4 Å². The van der Waals surface area contributed by atoms with Gasteiger partial charge in [0.2, 0.25) is 0 Å². The maximum Gasteiger partial charge on any atom is 0.254 e. The van der Waals surface area contributed by atoms with Gasteiger partial charge in [-0.25, -0.2) is 4.98 Å². The van der Waals surface area contributed by atoms with Crippen molar-refractivity contribution in [2.24, 2.45) is 5.92 Å². The number of hydrogen-bond acceptors (Lipinski definition) is 3. The fourth-order valence-electron chi connectivity index (χ4n) is 4.06. The minimum atomic E-state index is -0.287. The Morgan fingerprint density at radius 2 is 1.87 bits per heavy atom. The molecule has 1 aliphatic rings. The Morgan fingerprint density at radius 1 is 1.13 bits per heavy atom. The number of halogens is 1. The number of aromatic nitrogens is 2. The molecular weight excluding hydrogens is 412 g/mol. The van der Waals surface area contributed by atoms with Crippen molar-refractivity contribution in [1.29, 1.82) is 0 Å². The number of likely N-dealkylation sites (tertiary alicyclic amines) is 1. The van der Waals surface area contributed by atoms with Crippen molar-refractivity contribution in [2.75, 3.05) is 13.1 Å². The second-order valence-corrected chi connectivity index (χ2v) is 8.94. The Hall–Kier alpha value is -2.86. The molecule has 1 atom stereocenters. The fraction of sp³-hybridized carbons (Fsp3) is 0.375. The zero-order chi connectivity index (χ0) is 22.1. The normalized spacial score (nSPS) is 14.9. The van der Waals surface area contributed by atoms with Crippen LogP contribution in [0.3, 0.4) is 0 Å². The van der Waals surface area contributed by atoms with Gasteiger partial charge in [-0.3, -0.25) is 9.59 Å². The van der Waals surface area contributed by atoms with Crippen molar-refractivity contribution >= 4 is 34.4 Å². The van der Waals surface area contributed by atoms with E-state index in [0.717, 1.165) is 42.5 Å². The molecule has 3 aromatic rings. The number of aryl methyl sites for hydroxylation is 1. The molecule has 2 amide bonds. The number of carbonyl (C=O) groups excluding carboxylic acids is 2. The van der Waals surface area contributed by atoms with E-state index in [2.05, 4.69) is 15.3 Å². The average Bonchev–Trinajstić information content (AvgIpc) is 3.40. The van der Waals surface area contributed by atoms with E-state index in [4.69, 9.17) is 11.6 Å². The number of benzene rings is 2. The second kappa shape index (κ2) is 8.71. The van der Waals surface area contributed by atoms with Gasteiger partial charge < -0.3 is 15.2 Å². The quantitative estimate of drug-likeness (QED) is 0.595. The third-order valence-corrected chi connectivity index (χ3v) is 6.06. The molecule has 0 unspecified atom stereocenters. The number of H-pyrrole nitrogens is 1. The fourth-order valence-corrected chi connectivity index (χ4v) is 4.23. The predicted molar refractivity (Wildman–Crippen MR) is 122 cm³/mol. The van der Waals surface area contributed by atoms with Gasteiger partial charge in [-0.15, -0.1) is 0 Å². The van der Waals surface area contributed by atoms with Gasteiger partial charge >= 0.3 is 0 Å². The van der Waals surface area contributed by atoms with Gasteiger partial charge in [-0.2, -0.15) is 0 Å². The van der Waals surface area contributed by atoms with Crippen LogP contribution >= 0.6 is 11.6 Å². The van der Waals surface area contributed by atoms with Crippen LogP contribution in [0.2, 0.25) is 5.02 Å². The monoisotopic (exact) mass is 438 g/mol. The molecule has 6 nitrogen and oxygen atoms in total. The van der Waals surface area contributed by atoms with Crippen molar-refractivity contribution in [1.82, 2.24) is 20.2 Å². The average molecular weight is 439 g/mol. The van der Waals surface area contributed by atoms with Crippen LogP contribution in [-0.2, 0) is 0 Å². The highest BCUT2D eigenvalue weighted by Gasteiger charge is 2.24. The number of nitrogens with one attached hydrogen (secondary N) is 2. The smallest absolute Gasteiger partial charge is 0.254 e. The van der Waals surface area contributed by atoms with Crippen LogP contribution in [0, 0.1) is 12.8 Å². The number of fused-ring (bicyclic) bond motifs is 1. The molecule has 31 heavy (non-hydrogen) atoms. The standard InChI is InChI=1S/C24H27ClN4O2/c1-14(2)21(22-26-19-9-7-17(25)13-20(19)27-22)28-23(30)16-6-8-18(15(3)12-16)24(31)29-10-4-5-11-29/h6-9,12-14,21H,4-5,10-11H2,1-3H3,(H,26,27)(H,28,30)/t21-/m0/s1. The SMILES string of the molecule is Cc1cc(C(=O)N[C@H](c2nc3ccc(Cl)cc3[nH]2)C(C)C)ccc1C(=O)N1CCCC1. The van der Waals surface area contributed by atoms with E-state index in [1.54, 1.807) is 24.3 Å². The summed E-state index contributed by atoms with van der Waals surface area (Å²) in [5, 5.41) is 3.73. The van der Waals surface area contributed by atoms with E-state index in [9.17, 15) is 9.59 Å². The summed E-state index contributed by atoms with van der Waals surface area (Å²) in [5.41, 5.74) is 3.64. The molecule has 2 heterocycles. The van der Waals surface area contributed by atoms with Crippen LogP contribution in [0.5, 0.6) is 0 Å². The summed E-state index contributed by atoms with van der Waals surface area (Å²) >= 11 is 6.08. The summed E-state index contributed by atoms with van der Waals surface area (Å²) in [6, 6.07) is 10.5. The number of aromatic amines is 1. The van der Waals surface area contributed by atoms with Crippen LogP contribution in [0.25, 0.3) is 11.0 Å². The van der Waals surface area contributed by atoms with Gasteiger partial charge in [0.25, 0.3) is 11.8 Å². The molecule has 0 spiro atoms. The summed E-state index contributed by atoms with van der Waals surface area (Å²) < 4.78 is 0. The highest BCUT2D eigenvalue weighted by atomic mass is 35.5. The lowest BCUT2D eigenvalue weighted by molar-refractivity contribution is 0.0791. The summed E-state index contributed by atoms with van der Waals surface area (Å²) in [7, 11) is 0. The lowest BCUT2D eigenvalue weighted by Gasteiger charge is -2.21. The number of nitrogens with zero attached hydrogens (tertiary/aromatic N) is 2. The van der Waals surface area contributed by atoms with Crippen molar-refractivity contribution in [3.8, 4) is 0 Å². The van der Waals surface area contributed by atoms with Crippen molar-refractivity contribution in [2.45, 2.75) is 39.7 Å². The lowest BCUT2D eigenvalue weighted by atomic mass is 10.0. The molecule has 2 N–H and O–H groups in total.